The number of benzene rings is 1. The number of halogens is 1. The lowest BCUT2D eigenvalue weighted by molar-refractivity contribution is 0.0224. The monoisotopic (exact) mass is 571 g/mol. The maximum absolute atomic E-state index is 13.7. The number of hydrogen-bond acceptors (Lipinski definition) is 9. The van der Waals surface area contributed by atoms with Crippen molar-refractivity contribution in [3.05, 3.63) is 65.3 Å². The van der Waals surface area contributed by atoms with Gasteiger partial charge in [-0.1, -0.05) is 11.2 Å². The first-order valence-corrected chi connectivity index (χ1v) is 14.3. The Labute approximate surface area is 231 Å². The highest BCUT2D eigenvalue weighted by Crippen LogP contribution is 2.31. The van der Waals surface area contributed by atoms with E-state index in [2.05, 4.69) is 25.4 Å². The van der Waals surface area contributed by atoms with Crippen LogP contribution in [0.15, 0.2) is 47.0 Å². The standard InChI is InChI=1S/C26H30FN7O5S/c1-16-30-20(13-22(31-16)25(35)29-15-17-4-5-19(27)24(12-17)38-3)21-14-23(39-32-21)18-6-9-34(10-7-18)40(36,37)26-28-8-11-33(26)2/h4-5,8,11-13,18,23H,6-7,9-10,14-15H2,1-3H3,(H,29,35). The molecule has 1 aromatic carbocycles. The largest absolute Gasteiger partial charge is 0.494 e. The minimum atomic E-state index is -3.66. The number of nitrogens with zero attached hydrogens (tertiary/aromatic N) is 6. The average Bonchev–Trinajstić information content (AvgIpc) is 3.62. The summed E-state index contributed by atoms with van der Waals surface area (Å²) in [7, 11) is -0.622. The number of carbonyl (C=O) groups is 1. The number of sulfonamides is 1. The van der Waals surface area contributed by atoms with Crippen LogP contribution in [0.25, 0.3) is 0 Å². The minimum absolute atomic E-state index is 0.0325. The third-order valence-corrected chi connectivity index (χ3v) is 9.00. The fraction of sp³-hybridized carbons (Fsp3) is 0.423. The Balaban J connectivity index is 1.19. The van der Waals surface area contributed by atoms with E-state index >= 15 is 0 Å². The summed E-state index contributed by atoms with van der Waals surface area (Å²) in [6.07, 6.45) is 4.61. The Bertz CT molecular complexity index is 1550. The molecule has 14 heteroatoms. The number of piperidine rings is 1. The zero-order chi connectivity index (χ0) is 28.4. The molecule has 2 aliphatic rings. The Morgan fingerprint density at radius 2 is 2.00 bits per heavy atom. The second-order valence-corrected chi connectivity index (χ2v) is 11.6. The van der Waals surface area contributed by atoms with Gasteiger partial charge >= 0.3 is 0 Å². The molecule has 1 fully saturated rings. The summed E-state index contributed by atoms with van der Waals surface area (Å²) in [5, 5.41) is 7.06. The van der Waals surface area contributed by atoms with Crippen LogP contribution in [0.5, 0.6) is 5.75 Å². The Morgan fingerprint density at radius 1 is 1.23 bits per heavy atom. The van der Waals surface area contributed by atoms with E-state index in [1.807, 2.05) is 0 Å². The number of imidazole rings is 1. The van der Waals surface area contributed by atoms with Crippen LogP contribution in [0.2, 0.25) is 0 Å². The third kappa shape index (κ3) is 5.68. The highest BCUT2D eigenvalue weighted by Gasteiger charge is 2.37. The van der Waals surface area contributed by atoms with Gasteiger partial charge < -0.3 is 19.5 Å². The summed E-state index contributed by atoms with van der Waals surface area (Å²) in [4.78, 5) is 31.3. The zero-order valence-corrected chi connectivity index (χ0v) is 23.2. The Hall–Kier alpha value is -3.91. The van der Waals surface area contributed by atoms with Gasteiger partial charge in [0.2, 0.25) is 5.16 Å². The van der Waals surface area contributed by atoms with Gasteiger partial charge in [-0.15, -0.1) is 0 Å². The van der Waals surface area contributed by atoms with Crippen molar-refractivity contribution in [3.8, 4) is 5.75 Å². The number of ether oxygens (including phenoxy) is 1. The van der Waals surface area contributed by atoms with Crippen LogP contribution >= 0.6 is 0 Å². The second kappa shape index (κ2) is 11.3. The van der Waals surface area contributed by atoms with Gasteiger partial charge in [-0.2, -0.15) is 4.31 Å². The number of rotatable bonds is 8. The molecule has 212 valence electrons. The summed E-state index contributed by atoms with van der Waals surface area (Å²) in [6.45, 7) is 2.59. The lowest BCUT2D eigenvalue weighted by Crippen LogP contribution is -2.42. The van der Waals surface area contributed by atoms with Crippen molar-refractivity contribution in [2.24, 2.45) is 18.1 Å². The van der Waals surface area contributed by atoms with Crippen LogP contribution in [0.4, 0.5) is 4.39 Å². The van der Waals surface area contributed by atoms with Gasteiger partial charge in [0.05, 0.1) is 12.8 Å². The van der Waals surface area contributed by atoms with E-state index < -0.39 is 21.7 Å². The molecule has 5 rings (SSSR count). The summed E-state index contributed by atoms with van der Waals surface area (Å²) in [5.41, 5.74) is 1.96. The molecule has 2 aromatic heterocycles. The first-order chi connectivity index (χ1) is 19.2. The topological polar surface area (TPSA) is 141 Å². The van der Waals surface area contributed by atoms with Crippen LogP contribution in [0, 0.1) is 18.7 Å². The molecule has 1 unspecified atom stereocenters. The highest BCUT2D eigenvalue weighted by molar-refractivity contribution is 7.89. The fourth-order valence-corrected chi connectivity index (χ4v) is 6.46. The maximum atomic E-state index is 13.7. The second-order valence-electron chi connectivity index (χ2n) is 9.79. The maximum Gasteiger partial charge on any atom is 0.276 e. The van der Waals surface area contributed by atoms with E-state index in [1.165, 1.54) is 34.3 Å². The summed E-state index contributed by atoms with van der Waals surface area (Å²) in [6, 6.07) is 5.94. The molecule has 3 aromatic rings. The molecule has 1 N–H and O–H groups in total. The average molecular weight is 572 g/mol. The molecule has 40 heavy (non-hydrogen) atoms. The number of nitrogens with one attached hydrogen (secondary N) is 1. The van der Waals surface area contributed by atoms with Gasteiger partial charge in [-0.3, -0.25) is 4.79 Å². The number of amides is 1. The quantitative estimate of drug-likeness (QED) is 0.434. The number of aromatic nitrogens is 4. The molecule has 1 amide bonds. The molecule has 0 bridgehead atoms. The SMILES string of the molecule is COc1cc(CNC(=O)c2cc(C3=NOC(C4CCN(S(=O)(=O)c5nccn5C)CC4)C3)nc(C)n2)ccc1F. The fourth-order valence-electron chi connectivity index (χ4n) is 4.92. The van der Waals surface area contributed by atoms with Crippen molar-refractivity contribution in [1.82, 2.24) is 29.1 Å². The molecule has 0 spiro atoms. The van der Waals surface area contributed by atoms with Crippen molar-refractivity contribution in [3.63, 3.8) is 0 Å². The van der Waals surface area contributed by atoms with Gasteiger partial charge in [0.25, 0.3) is 15.9 Å². The van der Waals surface area contributed by atoms with E-state index in [4.69, 9.17) is 9.57 Å². The molecular formula is C26H30FN7O5S. The molecular weight excluding hydrogens is 541 g/mol. The van der Waals surface area contributed by atoms with Crippen molar-refractivity contribution >= 4 is 21.6 Å². The molecule has 0 aliphatic carbocycles. The predicted molar refractivity (Wildman–Crippen MR) is 142 cm³/mol. The number of carbonyl (C=O) groups excluding carboxylic acids is 1. The minimum Gasteiger partial charge on any atom is -0.494 e. The third-order valence-electron chi connectivity index (χ3n) is 7.10. The number of hydrogen-bond donors (Lipinski definition) is 1. The molecule has 2 aliphatic heterocycles. The lowest BCUT2D eigenvalue weighted by atomic mass is 9.89. The van der Waals surface area contributed by atoms with Gasteiger partial charge in [-0.25, -0.2) is 27.8 Å². The van der Waals surface area contributed by atoms with Crippen LogP contribution in [0.3, 0.4) is 0 Å². The molecule has 0 saturated carbocycles. The van der Waals surface area contributed by atoms with E-state index in [0.717, 1.165) is 0 Å². The van der Waals surface area contributed by atoms with Gasteiger partial charge in [0.15, 0.2) is 11.6 Å². The first kappa shape index (κ1) is 27.6. The van der Waals surface area contributed by atoms with Crippen LogP contribution < -0.4 is 10.1 Å². The van der Waals surface area contributed by atoms with Crippen molar-refractivity contribution in [1.29, 1.82) is 0 Å². The van der Waals surface area contributed by atoms with Gasteiger partial charge in [-0.05, 0) is 43.5 Å². The normalized spacial score (nSPS) is 18.3. The lowest BCUT2D eigenvalue weighted by Gasteiger charge is -2.32. The molecule has 1 saturated heterocycles. The summed E-state index contributed by atoms with van der Waals surface area (Å²) < 4.78 is 47.5. The van der Waals surface area contributed by atoms with Crippen LogP contribution in [-0.2, 0) is 28.5 Å². The molecule has 4 heterocycles. The number of aryl methyl sites for hydroxylation is 2. The molecule has 12 nitrogen and oxygen atoms in total. The predicted octanol–water partition coefficient (Wildman–Crippen LogP) is 2.19. The van der Waals surface area contributed by atoms with Crippen molar-refractivity contribution in [2.75, 3.05) is 20.2 Å². The Morgan fingerprint density at radius 3 is 2.70 bits per heavy atom. The smallest absolute Gasteiger partial charge is 0.276 e. The van der Waals surface area contributed by atoms with Gasteiger partial charge in [0.1, 0.15) is 23.3 Å². The van der Waals surface area contributed by atoms with Crippen LogP contribution in [-0.4, -0.2) is 70.2 Å². The number of methoxy groups -OCH3 is 1. The van der Waals surface area contributed by atoms with E-state index in [0.29, 0.717) is 55.1 Å². The van der Waals surface area contributed by atoms with Crippen molar-refractivity contribution < 1.29 is 27.2 Å². The van der Waals surface area contributed by atoms with Gasteiger partial charge in [0, 0.05) is 51.4 Å². The van der Waals surface area contributed by atoms with E-state index in [1.54, 1.807) is 32.3 Å². The van der Waals surface area contributed by atoms with E-state index in [-0.39, 0.29) is 35.2 Å². The first-order valence-electron chi connectivity index (χ1n) is 12.8. The van der Waals surface area contributed by atoms with Crippen LogP contribution in [0.1, 0.15) is 46.8 Å². The number of oxime groups is 1. The zero-order valence-electron chi connectivity index (χ0n) is 22.4. The van der Waals surface area contributed by atoms with E-state index in [9.17, 15) is 17.6 Å². The molecule has 1 atom stereocenters. The highest BCUT2D eigenvalue weighted by atomic mass is 32.2. The summed E-state index contributed by atoms with van der Waals surface area (Å²) >= 11 is 0. The van der Waals surface area contributed by atoms with Crippen molar-refractivity contribution in [2.45, 2.75) is 44.0 Å². The summed E-state index contributed by atoms with van der Waals surface area (Å²) in [5.74, 6) is -0.266. The Kier molecular flexibility index (Phi) is 7.81. The molecule has 0 radical (unpaired) electrons.